The summed E-state index contributed by atoms with van der Waals surface area (Å²) in [6.07, 6.45) is 1.53. The van der Waals surface area contributed by atoms with Crippen LogP contribution >= 0.6 is 11.6 Å². The van der Waals surface area contributed by atoms with Crippen molar-refractivity contribution in [3.63, 3.8) is 0 Å². The Morgan fingerprint density at radius 2 is 2.12 bits per heavy atom. The highest BCUT2D eigenvalue weighted by atomic mass is 35.5. The highest BCUT2D eigenvalue weighted by molar-refractivity contribution is 6.31. The number of hydrogen-bond acceptors (Lipinski definition) is 3. The second-order valence-electron chi connectivity index (χ2n) is 3.16. The molecule has 1 aromatic carbocycles. The van der Waals surface area contributed by atoms with Crippen molar-refractivity contribution in [2.24, 2.45) is 0 Å². The van der Waals surface area contributed by atoms with Gasteiger partial charge in [-0.05, 0) is 24.3 Å². The quantitative estimate of drug-likeness (QED) is 0.874. The molecule has 2 rings (SSSR count). The molecule has 0 fully saturated rings. The molecule has 0 unspecified atom stereocenters. The second-order valence-corrected chi connectivity index (χ2v) is 3.57. The molecule has 0 amide bonds. The minimum absolute atomic E-state index is 0.0236. The Balaban J connectivity index is 2.46. The zero-order valence-electron chi connectivity index (χ0n) is 8.19. The van der Waals surface area contributed by atoms with Crippen molar-refractivity contribution in [1.29, 1.82) is 0 Å². The van der Waals surface area contributed by atoms with Gasteiger partial charge in [0.1, 0.15) is 5.82 Å². The lowest BCUT2D eigenvalue weighted by molar-refractivity contribution is 0.277. The Morgan fingerprint density at radius 3 is 2.81 bits per heavy atom. The summed E-state index contributed by atoms with van der Waals surface area (Å²) < 4.78 is 12.9. The van der Waals surface area contributed by atoms with E-state index in [1.165, 1.54) is 24.4 Å². The number of halogens is 2. The minimum Gasteiger partial charge on any atom is -0.390 e. The number of hydrogen-bond donors (Lipinski definition) is 1. The van der Waals surface area contributed by atoms with Crippen LogP contribution in [0.2, 0.25) is 5.02 Å². The fourth-order valence-corrected chi connectivity index (χ4v) is 1.44. The molecule has 3 nitrogen and oxygen atoms in total. The van der Waals surface area contributed by atoms with Crippen LogP contribution < -0.4 is 0 Å². The molecule has 1 heterocycles. The van der Waals surface area contributed by atoms with Crippen LogP contribution in [-0.2, 0) is 6.61 Å². The van der Waals surface area contributed by atoms with Gasteiger partial charge in [-0.3, -0.25) is 0 Å². The normalized spacial score (nSPS) is 10.4. The van der Waals surface area contributed by atoms with E-state index in [-0.39, 0.29) is 11.6 Å². The zero-order valence-corrected chi connectivity index (χ0v) is 8.95. The van der Waals surface area contributed by atoms with Crippen molar-refractivity contribution < 1.29 is 9.50 Å². The number of nitrogens with zero attached hydrogens (tertiary/aromatic N) is 2. The van der Waals surface area contributed by atoms with E-state index in [1.54, 1.807) is 6.07 Å². The van der Waals surface area contributed by atoms with Gasteiger partial charge >= 0.3 is 0 Å². The minimum atomic E-state index is -0.483. The lowest BCUT2D eigenvalue weighted by Crippen LogP contribution is -1.94. The summed E-state index contributed by atoms with van der Waals surface area (Å²) in [6, 6.07) is 5.85. The first-order chi connectivity index (χ1) is 7.70. The van der Waals surface area contributed by atoms with E-state index in [2.05, 4.69) is 9.97 Å². The number of aliphatic hydroxyl groups is 1. The molecule has 0 aliphatic heterocycles. The van der Waals surface area contributed by atoms with Gasteiger partial charge in [-0.15, -0.1) is 0 Å². The van der Waals surface area contributed by atoms with E-state index in [4.69, 9.17) is 16.7 Å². The SMILES string of the molecule is OCc1ccnc(-c2ccc(F)c(Cl)c2)n1. The van der Waals surface area contributed by atoms with E-state index in [9.17, 15) is 4.39 Å². The number of aromatic nitrogens is 2. The Hall–Kier alpha value is -1.52. The van der Waals surface area contributed by atoms with E-state index < -0.39 is 5.82 Å². The van der Waals surface area contributed by atoms with Gasteiger partial charge in [0.15, 0.2) is 5.82 Å². The molecule has 1 N–H and O–H groups in total. The van der Waals surface area contributed by atoms with Crippen LogP contribution in [0, 0.1) is 5.82 Å². The first-order valence-corrected chi connectivity index (χ1v) is 4.96. The molecule has 5 heteroatoms. The maximum Gasteiger partial charge on any atom is 0.159 e. The standard InChI is InChI=1S/C11H8ClFN2O/c12-9-5-7(1-2-10(9)13)11-14-4-3-8(6-16)15-11/h1-5,16H,6H2. The topological polar surface area (TPSA) is 46.0 Å². The van der Waals surface area contributed by atoms with Crippen molar-refractivity contribution in [1.82, 2.24) is 9.97 Å². The molecule has 82 valence electrons. The highest BCUT2D eigenvalue weighted by Crippen LogP contribution is 2.22. The third kappa shape index (κ3) is 2.18. The molecule has 0 spiro atoms. The molecule has 0 aliphatic carbocycles. The van der Waals surface area contributed by atoms with Crippen LogP contribution in [0.4, 0.5) is 4.39 Å². The molecular weight excluding hydrogens is 231 g/mol. The summed E-state index contributed by atoms with van der Waals surface area (Å²) >= 11 is 5.66. The monoisotopic (exact) mass is 238 g/mol. The molecular formula is C11H8ClFN2O. The van der Waals surface area contributed by atoms with Crippen molar-refractivity contribution in [2.75, 3.05) is 0 Å². The number of rotatable bonds is 2. The predicted molar refractivity (Wildman–Crippen MR) is 58.4 cm³/mol. The van der Waals surface area contributed by atoms with Crippen molar-refractivity contribution in [2.45, 2.75) is 6.61 Å². The van der Waals surface area contributed by atoms with Crippen LogP contribution in [0.15, 0.2) is 30.5 Å². The van der Waals surface area contributed by atoms with Gasteiger partial charge in [-0.25, -0.2) is 14.4 Å². The third-order valence-corrected chi connectivity index (χ3v) is 2.34. The van der Waals surface area contributed by atoms with Crippen LogP contribution in [-0.4, -0.2) is 15.1 Å². The van der Waals surface area contributed by atoms with Crippen molar-refractivity contribution in [3.8, 4) is 11.4 Å². The van der Waals surface area contributed by atoms with Crippen molar-refractivity contribution >= 4 is 11.6 Å². The average molecular weight is 239 g/mol. The Labute approximate surface area is 96.6 Å². The van der Waals surface area contributed by atoms with Gasteiger partial charge in [0, 0.05) is 11.8 Å². The Bertz CT molecular complexity index is 519. The second kappa shape index (κ2) is 4.55. The summed E-state index contributed by atoms with van der Waals surface area (Å²) in [5.41, 5.74) is 1.12. The Kier molecular flexibility index (Phi) is 3.12. The molecule has 0 saturated carbocycles. The largest absolute Gasteiger partial charge is 0.390 e. The summed E-state index contributed by atoms with van der Waals surface area (Å²) in [4.78, 5) is 8.12. The fraction of sp³-hybridized carbons (Fsp3) is 0.0909. The first kappa shape index (κ1) is 11.0. The lowest BCUT2D eigenvalue weighted by atomic mass is 10.2. The van der Waals surface area contributed by atoms with Gasteiger partial charge in [-0.2, -0.15) is 0 Å². The van der Waals surface area contributed by atoms with Gasteiger partial charge in [0.05, 0.1) is 17.3 Å². The van der Waals surface area contributed by atoms with Gasteiger partial charge in [-0.1, -0.05) is 11.6 Å². The lowest BCUT2D eigenvalue weighted by Gasteiger charge is -2.02. The summed E-state index contributed by atoms with van der Waals surface area (Å²) in [7, 11) is 0. The number of aliphatic hydroxyl groups excluding tert-OH is 1. The molecule has 0 aliphatic rings. The van der Waals surface area contributed by atoms with E-state index in [0.29, 0.717) is 17.1 Å². The third-order valence-electron chi connectivity index (χ3n) is 2.05. The molecule has 0 saturated heterocycles. The van der Waals surface area contributed by atoms with E-state index >= 15 is 0 Å². The smallest absolute Gasteiger partial charge is 0.159 e. The van der Waals surface area contributed by atoms with Crippen molar-refractivity contribution in [3.05, 3.63) is 47.0 Å². The van der Waals surface area contributed by atoms with Gasteiger partial charge in [0.25, 0.3) is 0 Å². The van der Waals surface area contributed by atoms with Gasteiger partial charge < -0.3 is 5.11 Å². The number of benzene rings is 1. The maximum atomic E-state index is 12.9. The molecule has 0 bridgehead atoms. The van der Waals surface area contributed by atoms with Crippen LogP contribution in [0.1, 0.15) is 5.69 Å². The maximum absolute atomic E-state index is 12.9. The molecule has 1 aromatic heterocycles. The summed E-state index contributed by atoms with van der Waals surface area (Å²) in [5.74, 6) is -0.0721. The molecule has 16 heavy (non-hydrogen) atoms. The zero-order chi connectivity index (χ0) is 11.5. The molecule has 0 atom stereocenters. The highest BCUT2D eigenvalue weighted by Gasteiger charge is 2.05. The average Bonchev–Trinajstić information content (AvgIpc) is 2.33. The van der Waals surface area contributed by atoms with Gasteiger partial charge in [0.2, 0.25) is 0 Å². The van der Waals surface area contributed by atoms with E-state index in [1.807, 2.05) is 0 Å². The molecule has 2 aromatic rings. The van der Waals surface area contributed by atoms with Crippen LogP contribution in [0.25, 0.3) is 11.4 Å². The molecule has 0 radical (unpaired) electrons. The predicted octanol–water partition coefficient (Wildman–Crippen LogP) is 2.43. The van der Waals surface area contributed by atoms with Crippen LogP contribution in [0.3, 0.4) is 0 Å². The fourth-order valence-electron chi connectivity index (χ4n) is 1.26. The first-order valence-electron chi connectivity index (χ1n) is 4.59. The Morgan fingerprint density at radius 1 is 1.31 bits per heavy atom. The summed E-state index contributed by atoms with van der Waals surface area (Å²) in [6.45, 7) is -0.162. The van der Waals surface area contributed by atoms with E-state index in [0.717, 1.165) is 0 Å². The summed E-state index contributed by atoms with van der Waals surface area (Å²) in [5, 5.41) is 8.95. The van der Waals surface area contributed by atoms with Crippen LogP contribution in [0.5, 0.6) is 0 Å².